The van der Waals surface area contributed by atoms with Crippen molar-refractivity contribution in [2.24, 2.45) is 0 Å². The van der Waals surface area contributed by atoms with Crippen LogP contribution in [0.1, 0.15) is 19.3 Å². The molecule has 1 atom stereocenters. The van der Waals surface area contributed by atoms with Crippen molar-refractivity contribution in [2.75, 3.05) is 6.26 Å². The van der Waals surface area contributed by atoms with Crippen molar-refractivity contribution in [2.45, 2.75) is 24.5 Å². The standard InChI is InChI=1S/C7H12OS2/c1-10-7(8)5-2-3-6(9)4-5/h6,8-9H,2-4H2,1H3/b7-5+/t6-/m0/s1. The first-order chi connectivity index (χ1) is 4.74. The Hall–Kier alpha value is 0.240. The maximum Gasteiger partial charge on any atom is 0.148 e. The topological polar surface area (TPSA) is 20.2 Å². The number of rotatable bonds is 1. The molecule has 0 heterocycles. The zero-order valence-electron chi connectivity index (χ0n) is 6.00. The maximum absolute atomic E-state index is 9.28. The fourth-order valence-corrected chi connectivity index (χ4v) is 1.99. The van der Waals surface area contributed by atoms with Gasteiger partial charge in [0.25, 0.3) is 0 Å². The third-order valence-electron chi connectivity index (χ3n) is 1.76. The summed E-state index contributed by atoms with van der Waals surface area (Å²) in [6.45, 7) is 0. The fourth-order valence-electron chi connectivity index (χ4n) is 1.17. The smallest absolute Gasteiger partial charge is 0.148 e. The lowest BCUT2D eigenvalue weighted by atomic mass is 10.3. The molecule has 1 nitrogen and oxygen atoms in total. The lowest BCUT2D eigenvalue weighted by Gasteiger charge is -1.99. The molecule has 1 rings (SSSR count). The van der Waals surface area contributed by atoms with Crippen LogP contribution in [-0.4, -0.2) is 16.6 Å². The molecule has 1 saturated carbocycles. The lowest BCUT2D eigenvalue weighted by Crippen LogP contribution is -1.86. The predicted molar refractivity (Wildman–Crippen MR) is 49.8 cm³/mol. The summed E-state index contributed by atoms with van der Waals surface area (Å²) >= 11 is 5.76. The van der Waals surface area contributed by atoms with Gasteiger partial charge in [0, 0.05) is 5.25 Å². The van der Waals surface area contributed by atoms with Gasteiger partial charge < -0.3 is 5.11 Å². The van der Waals surface area contributed by atoms with Crippen LogP contribution in [0.15, 0.2) is 10.7 Å². The quantitative estimate of drug-likeness (QED) is 0.473. The van der Waals surface area contributed by atoms with Crippen LogP contribution in [0, 0.1) is 0 Å². The molecule has 0 unspecified atom stereocenters. The third kappa shape index (κ3) is 1.86. The van der Waals surface area contributed by atoms with Gasteiger partial charge in [-0.2, -0.15) is 12.6 Å². The minimum absolute atomic E-state index is 0.476. The Morgan fingerprint density at radius 1 is 1.80 bits per heavy atom. The maximum atomic E-state index is 9.28. The SMILES string of the molecule is CS/C(O)=C1\CC[C@H](S)C1. The van der Waals surface area contributed by atoms with E-state index in [1.807, 2.05) is 6.26 Å². The molecule has 10 heavy (non-hydrogen) atoms. The van der Waals surface area contributed by atoms with Crippen molar-refractivity contribution in [1.29, 1.82) is 0 Å². The van der Waals surface area contributed by atoms with Gasteiger partial charge in [0.05, 0.1) is 0 Å². The first-order valence-corrected chi connectivity index (χ1v) is 5.11. The summed E-state index contributed by atoms with van der Waals surface area (Å²) in [6.07, 6.45) is 5.01. The monoisotopic (exact) mass is 176 g/mol. The Balaban J connectivity index is 2.58. The van der Waals surface area contributed by atoms with Crippen molar-refractivity contribution in [3.63, 3.8) is 0 Å². The number of allylic oxidation sites excluding steroid dienone is 1. The van der Waals surface area contributed by atoms with Crippen molar-refractivity contribution in [1.82, 2.24) is 0 Å². The zero-order valence-corrected chi connectivity index (χ0v) is 7.71. The van der Waals surface area contributed by atoms with Crippen molar-refractivity contribution in [3.8, 4) is 0 Å². The van der Waals surface area contributed by atoms with E-state index in [1.54, 1.807) is 0 Å². The number of thioether (sulfide) groups is 1. The molecule has 0 radical (unpaired) electrons. The highest BCUT2D eigenvalue weighted by Gasteiger charge is 2.18. The molecular formula is C7H12OS2. The molecule has 1 aliphatic carbocycles. The van der Waals surface area contributed by atoms with Gasteiger partial charge in [0.2, 0.25) is 0 Å². The van der Waals surface area contributed by atoms with E-state index < -0.39 is 0 Å². The largest absolute Gasteiger partial charge is 0.502 e. The van der Waals surface area contributed by atoms with E-state index in [1.165, 1.54) is 17.3 Å². The van der Waals surface area contributed by atoms with Crippen molar-refractivity contribution in [3.05, 3.63) is 10.7 Å². The number of hydrogen-bond donors (Lipinski definition) is 2. The fraction of sp³-hybridized carbons (Fsp3) is 0.714. The molecule has 1 N–H and O–H groups in total. The molecule has 0 saturated heterocycles. The van der Waals surface area contributed by atoms with E-state index in [-0.39, 0.29) is 0 Å². The Bertz CT molecular complexity index is 154. The number of aliphatic hydroxyl groups excluding tert-OH is 1. The highest BCUT2D eigenvalue weighted by molar-refractivity contribution is 8.02. The van der Waals surface area contributed by atoms with Gasteiger partial charge in [-0.25, -0.2) is 0 Å². The van der Waals surface area contributed by atoms with Crippen LogP contribution in [0.2, 0.25) is 0 Å². The van der Waals surface area contributed by atoms with Gasteiger partial charge in [-0.15, -0.1) is 0 Å². The third-order valence-corrected chi connectivity index (χ3v) is 2.87. The van der Waals surface area contributed by atoms with Crippen LogP contribution in [-0.2, 0) is 0 Å². The number of hydrogen-bond acceptors (Lipinski definition) is 3. The first kappa shape index (κ1) is 8.34. The Morgan fingerprint density at radius 2 is 2.50 bits per heavy atom. The van der Waals surface area contributed by atoms with Crippen LogP contribution < -0.4 is 0 Å². The zero-order chi connectivity index (χ0) is 7.56. The molecule has 0 aromatic heterocycles. The van der Waals surface area contributed by atoms with Crippen LogP contribution in [0.4, 0.5) is 0 Å². The van der Waals surface area contributed by atoms with Crippen LogP contribution in [0.5, 0.6) is 0 Å². The highest BCUT2D eigenvalue weighted by atomic mass is 32.2. The average Bonchev–Trinajstić information content (AvgIpc) is 2.34. The van der Waals surface area contributed by atoms with E-state index in [0.717, 1.165) is 19.3 Å². The molecule has 0 spiro atoms. The van der Waals surface area contributed by atoms with Gasteiger partial charge in [0.15, 0.2) is 0 Å². The van der Waals surface area contributed by atoms with E-state index >= 15 is 0 Å². The van der Waals surface area contributed by atoms with E-state index in [9.17, 15) is 5.11 Å². The Kier molecular flexibility index (Phi) is 2.98. The first-order valence-electron chi connectivity index (χ1n) is 3.37. The van der Waals surface area contributed by atoms with Gasteiger partial charge in [0.1, 0.15) is 5.09 Å². The average molecular weight is 176 g/mol. The minimum atomic E-state index is 0.476. The molecule has 58 valence electrons. The summed E-state index contributed by atoms with van der Waals surface area (Å²) in [5.74, 6) is 0. The van der Waals surface area contributed by atoms with E-state index in [4.69, 9.17) is 0 Å². The number of aliphatic hydroxyl groups is 1. The van der Waals surface area contributed by atoms with Crippen molar-refractivity contribution < 1.29 is 5.11 Å². The predicted octanol–water partition coefficient (Wildman–Crippen LogP) is 2.60. The molecule has 0 aliphatic heterocycles. The van der Waals surface area contributed by atoms with Crippen molar-refractivity contribution >= 4 is 24.4 Å². The molecule has 3 heteroatoms. The Labute approximate surface area is 71.3 Å². The summed E-state index contributed by atoms with van der Waals surface area (Å²) in [6, 6.07) is 0. The van der Waals surface area contributed by atoms with Crippen LogP contribution in [0.25, 0.3) is 0 Å². The second kappa shape index (κ2) is 3.58. The summed E-state index contributed by atoms with van der Waals surface area (Å²) in [5, 5.41) is 10.3. The molecule has 0 aromatic carbocycles. The van der Waals surface area contributed by atoms with Gasteiger partial charge >= 0.3 is 0 Å². The summed E-state index contributed by atoms with van der Waals surface area (Å²) in [4.78, 5) is 0. The lowest BCUT2D eigenvalue weighted by molar-refractivity contribution is 0.447. The summed E-state index contributed by atoms with van der Waals surface area (Å²) < 4.78 is 0. The number of thiol groups is 1. The van der Waals surface area contributed by atoms with E-state index in [2.05, 4.69) is 12.6 Å². The normalized spacial score (nSPS) is 30.8. The second-order valence-corrected chi connectivity index (χ2v) is 4.03. The molecule has 0 aromatic rings. The van der Waals surface area contributed by atoms with Crippen LogP contribution >= 0.6 is 24.4 Å². The highest BCUT2D eigenvalue weighted by Crippen LogP contribution is 2.32. The van der Waals surface area contributed by atoms with Gasteiger partial charge in [-0.3, -0.25) is 0 Å². The molecular weight excluding hydrogens is 164 g/mol. The van der Waals surface area contributed by atoms with Gasteiger partial charge in [-0.05, 0) is 31.1 Å². The summed E-state index contributed by atoms with van der Waals surface area (Å²) in [5.41, 5.74) is 1.19. The van der Waals surface area contributed by atoms with E-state index in [0.29, 0.717) is 10.3 Å². The molecule has 1 aliphatic rings. The Morgan fingerprint density at radius 3 is 2.90 bits per heavy atom. The minimum Gasteiger partial charge on any atom is -0.502 e. The summed E-state index contributed by atoms with van der Waals surface area (Å²) in [7, 11) is 0. The molecule has 1 fully saturated rings. The van der Waals surface area contributed by atoms with Gasteiger partial charge in [-0.1, -0.05) is 11.8 Å². The molecule has 0 amide bonds. The molecule has 0 bridgehead atoms. The van der Waals surface area contributed by atoms with Crippen LogP contribution in [0.3, 0.4) is 0 Å². The second-order valence-electron chi connectivity index (χ2n) is 2.51.